The number of carbonyl (C=O) groups is 1. The molecule has 2 aromatic carbocycles. The van der Waals surface area contributed by atoms with E-state index in [4.69, 9.17) is 5.10 Å². The molecule has 0 saturated heterocycles. The summed E-state index contributed by atoms with van der Waals surface area (Å²) in [7, 11) is 0. The third-order valence-electron chi connectivity index (χ3n) is 4.44. The molecule has 0 saturated carbocycles. The van der Waals surface area contributed by atoms with Gasteiger partial charge in [0.1, 0.15) is 5.69 Å². The lowest BCUT2D eigenvalue weighted by Crippen LogP contribution is -2.15. The number of amides is 1. The summed E-state index contributed by atoms with van der Waals surface area (Å²) in [5, 5.41) is 12.4. The molecule has 0 spiro atoms. The Kier molecular flexibility index (Phi) is 4.94. The number of aromatic amines is 2. The summed E-state index contributed by atoms with van der Waals surface area (Å²) in [6.45, 7) is 1.70. The molecule has 0 aliphatic heterocycles. The molecule has 0 fully saturated rings. The van der Waals surface area contributed by atoms with Crippen molar-refractivity contribution in [2.45, 2.75) is 6.92 Å². The van der Waals surface area contributed by atoms with Crippen molar-refractivity contribution in [2.75, 3.05) is 5.32 Å². The fraction of sp³-hybridized carbons (Fsp3) is 0.0455. The number of para-hydroxylation sites is 1. The Bertz CT molecular complexity index is 1220. The van der Waals surface area contributed by atoms with Crippen LogP contribution in [-0.4, -0.2) is 25.9 Å². The Labute approximate surface area is 166 Å². The molecule has 0 bridgehead atoms. The molecule has 2 aromatic heterocycles. The number of hydrogen-bond donors (Lipinski definition) is 3. The smallest absolute Gasteiger partial charge is 0.287 e. The summed E-state index contributed by atoms with van der Waals surface area (Å²) in [5.74, 6) is -0.398. The van der Waals surface area contributed by atoms with Crippen LogP contribution in [0.5, 0.6) is 0 Å². The van der Waals surface area contributed by atoms with E-state index < -0.39 is 5.91 Å². The molecule has 0 aliphatic carbocycles. The quantitative estimate of drug-likeness (QED) is 0.459. The summed E-state index contributed by atoms with van der Waals surface area (Å²) in [5.41, 5.74) is 3.82. The lowest BCUT2D eigenvalue weighted by molar-refractivity contribution is -0.111. The molecule has 4 rings (SSSR count). The predicted octanol–water partition coefficient (Wildman–Crippen LogP) is 3.52. The average Bonchev–Trinajstić information content (AvgIpc) is 3.32. The summed E-state index contributed by atoms with van der Waals surface area (Å²) in [6.07, 6.45) is 4.96. The largest absolute Gasteiger partial charge is 0.316 e. The molecule has 2 heterocycles. The van der Waals surface area contributed by atoms with Gasteiger partial charge >= 0.3 is 0 Å². The van der Waals surface area contributed by atoms with E-state index in [0.717, 1.165) is 22.5 Å². The van der Waals surface area contributed by atoms with Crippen molar-refractivity contribution in [1.29, 1.82) is 0 Å². The van der Waals surface area contributed by atoms with Crippen molar-refractivity contribution in [3.8, 4) is 16.9 Å². The summed E-state index contributed by atoms with van der Waals surface area (Å²) < 4.78 is 1.78. The second-order valence-electron chi connectivity index (χ2n) is 6.48. The molecule has 7 heteroatoms. The molecule has 0 atom stereocenters. The van der Waals surface area contributed by atoms with E-state index in [9.17, 15) is 9.59 Å². The third-order valence-corrected chi connectivity index (χ3v) is 4.44. The van der Waals surface area contributed by atoms with Crippen LogP contribution in [0, 0.1) is 6.92 Å². The van der Waals surface area contributed by atoms with Gasteiger partial charge in [-0.15, -0.1) is 0 Å². The van der Waals surface area contributed by atoms with Gasteiger partial charge in [0, 0.05) is 23.4 Å². The van der Waals surface area contributed by atoms with Crippen LogP contribution in [0.2, 0.25) is 0 Å². The highest BCUT2D eigenvalue weighted by atomic mass is 16.2. The molecule has 7 nitrogen and oxygen atoms in total. The van der Waals surface area contributed by atoms with Gasteiger partial charge in [0.05, 0.1) is 17.1 Å². The number of aromatic nitrogens is 4. The highest BCUT2D eigenvalue weighted by Crippen LogP contribution is 2.24. The molecular weight excluding hydrogens is 366 g/mol. The van der Waals surface area contributed by atoms with Crippen LogP contribution in [0.3, 0.4) is 0 Å². The molecule has 29 heavy (non-hydrogen) atoms. The fourth-order valence-electron chi connectivity index (χ4n) is 2.97. The topological polar surface area (TPSA) is 95.6 Å². The minimum absolute atomic E-state index is 0.211. The zero-order chi connectivity index (χ0) is 20.2. The Morgan fingerprint density at radius 3 is 2.38 bits per heavy atom. The zero-order valence-corrected chi connectivity index (χ0v) is 15.7. The van der Waals surface area contributed by atoms with Gasteiger partial charge in [0.2, 0.25) is 5.91 Å². The Hall–Kier alpha value is -4.13. The van der Waals surface area contributed by atoms with Crippen LogP contribution in [0.1, 0.15) is 11.3 Å². The van der Waals surface area contributed by atoms with Crippen LogP contribution < -0.4 is 10.9 Å². The molecule has 3 N–H and O–H groups in total. The molecular formula is C22H19N5O2. The van der Waals surface area contributed by atoms with Crippen LogP contribution in [0.25, 0.3) is 23.0 Å². The van der Waals surface area contributed by atoms with E-state index in [0.29, 0.717) is 5.69 Å². The molecule has 144 valence electrons. The second kappa shape index (κ2) is 7.85. The molecule has 1 amide bonds. The Balaban J connectivity index is 1.67. The Morgan fingerprint density at radius 1 is 1.03 bits per heavy atom. The SMILES string of the molecule is Cc1[nH][nH]c(=O)c1NC(=O)/C=C/c1cn(-c2ccccc2)nc1-c1ccccc1. The van der Waals surface area contributed by atoms with Crippen molar-refractivity contribution < 1.29 is 4.79 Å². The summed E-state index contributed by atoms with van der Waals surface area (Å²) in [6, 6.07) is 19.5. The van der Waals surface area contributed by atoms with Crippen LogP contribution in [0.15, 0.2) is 77.7 Å². The van der Waals surface area contributed by atoms with E-state index in [1.165, 1.54) is 6.08 Å². The van der Waals surface area contributed by atoms with E-state index >= 15 is 0 Å². The number of H-pyrrole nitrogens is 2. The number of nitrogens with one attached hydrogen (secondary N) is 3. The first-order chi connectivity index (χ1) is 14.1. The maximum atomic E-state index is 12.3. The fourth-order valence-corrected chi connectivity index (χ4v) is 2.97. The predicted molar refractivity (Wildman–Crippen MR) is 113 cm³/mol. The number of anilines is 1. The minimum Gasteiger partial charge on any atom is -0.316 e. The standard InChI is InChI=1S/C22H19N5O2/c1-15-20(22(29)25-24-15)23-19(28)13-12-17-14-27(18-10-6-3-7-11-18)26-21(17)16-8-4-2-5-9-16/h2-14H,1H3,(H,23,28)(H2,24,25,29)/b13-12+. The van der Waals surface area contributed by atoms with Gasteiger partial charge in [-0.05, 0) is 25.1 Å². The zero-order valence-electron chi connectivity index (χ0n) is 15.7. The highest BCUT2D eigenvalue weighted by molar-refractivity contribution is 6.02. The Morgan fingerprint density at radius 2 is 1.72 bits per heavy atom. The third kappa shape index (κ3) is 3.93. The number of carbonyl (C=O) groups excluding carboxylic acids is 1. The highest BCUT2D eigenvalue weighted by Gasteiger charge is 2.12. The van der Waals surface area contributed by atoms with E-state index in [1.807, 2.05) is 66.9 Å². The number of aryl methyl sites for hydroxylation is 1. The monoisotopic (exact) mass is 385 g/mol. The van der Waals surface area contributed by atoms with Gasteiger partial charge in [0.25, 0.3) is 5.56 Å². The lowest BCUT2D eigenvalue weighted by Gasteiger charge is -2.00. The normalized spacial score (nSPS) is 11.1. The van der Waals surface area contributed by atoms with E-state index in [2.05, 4.69) is 15.5 Å². The molecule has 0 unspecified atom stereocenters. The van der Waals surface area contributed by atoms with Gasteiger partial charge in [-0.1, -0.05) is 48.5 Å². The molecule has 0 aliphatic rings. The van der Waals surface area contributed by atoms with Crippen LogP contribution >= 0.6 is 0 Å². The molecule has 0 radical (unpaired) electrons. The number of benzene rings is 2. The number of rotatable bonds is 5. The van der Waals surface area contributed by atoms with Crippen LogP contribution in [0.4, 0.5) is 5.69 Å². The first-order valence-electron chi connectivity index (χ1n) is 9.08. The van der Waals surface area contributed by atoms with Gasteiger partial charge in [-0.2, -0.15) is 5.10 Å². The van der Waals surface area contributed by atoms with Gasteiger partial charge in [-0.25, -0.2) is 4.68 Å². The minimum atomic E-state index is -0.398. The van der Waals surface area contributed by atoms with Crippen molar-refractivity contribution in [1.82, 2.24) is 20.0 Å². The van der Waals surface area contributed by atoms with Crippen molar-refractivity contribution in [3.05, 3.63) is 94.5 Å². The van der Waals surface area contributed by atoms with Gasteiger partial charge < -0.3 is 10.4 Å². The number of nitrogens with zero attached hydrogens (tertiary/aromatic N) is 2. The summed E-state index contributed by atoms with van der Waals surface area (Å²) >= 11 is 0. The van der Waals surface area contributed by atoms with Crippen molar-refractivity contribution >= 4 is 17.7 Å². The maximum absolute atomic E-state index is 12.3. The lowest BCUT2D eigenvalue weighted by atomic mass is 10.1. The molecule has 4 aromatic rings. The maximum Gasteiger partial charge on any atom is 0.287 e. The van der Waals surface area contributed by atoms with E-state index in [-0.39, 0.29) is 11.2 Å². The van der Waals surface area contributed by atoms with Crippen molar-refractivity contribution in [2.24, 2.45) is 0 Å². The number of hydrogen-bond acceptors (Lipinski definition) is 3. The first-order valence-corrected chi connectivity index (χ1v) is 9.08. The average molecular weight is 385 g/mol. The van der Waals surface area contributed by atoms with Gasteiger partial charge in [-0.3, -0.25) is 14.7 Å². The van der Waals surface area contributed by atoms with Gasteiger partial charge in [0.15, 0.2) is 0 Å². The van der Waals surface area contributed by atoms with E-state index in [1.54, 1.807) is 17.7 Å². The van der Waals surface area contributed by atoms with Crippen molar-refractivity contribution in [3.63, 3.8) is 0 Å². The summed E-state index contributed by atoms with van der Waals surface area (Å²) in [4.78, 5) is 24.0. The first kappa shape index (κ1) is 18.2. The second-order valence-corrected chi connectivity index (χ2v) is 6.48. The van der Waals surface area contributed by atoms with Crippen LogP contribution in [-0.2, 0) is 4.79 Å².